The Bertz CT molecular complexity index is 389. The van der Waals surface area contributed by atoms with Crippen molar-refractivity contribution in [2.75, 3.05) is 0 Å². The van der Waals surface area contributed by atoms with Gasteiger partial charge in [-0.1, -0.05) is 24.3 Å². The van der Waals surface area contributed by atoms with Gasteiger partial charge in [0.2, 0.25) is 0 Å². The fourth-order valence-electron chi connectivity index (χ4n) is 1.72. The normalized spacial score (nSPS) is 25.1. The molecule has 1 heterocycles. The lowest BCUT2D eigenvalue weighted by atomic mass is 9.77. The van der Waals surface area contributed by atoms with Crippen molar-refractivity contribution in [2.45, 2.75) is 11.8 Å². The second-order valence-corrected chi connectivity index (χ2v) is 3.37. The molecule has 14 heavy (non-hydrogen) atoms. The van der Waals surface area contributed by atoms with Crippen LogP contribution in [-0.2, 0) is 10.2 Å². The average Bonchev–Trinajstić information content (AvgIpc) is 2.72. The molecule has 0 bridgehead atoms. The molecule has 0 radical (unpaired) electrons. The minimum absolute atomic E-state index is 0.511. The van der Waals surface area contributed by atoms with Crippen LogP contribution in [0.1, 0.15) is 12.0 Å². The topological polar surface area (TPSA) is 53.1 Å². The molecule has 72 valence electrons. The van der Waals surface area contributed by atoms with Crippen molar-refractivity contribution >= 4 is 5.97 Å². The maximum absolute atomic E-state index is 11.3. The third-order valence-electron chi connectivity index (χ3n) is 2.56. The largest absolute Gasteiger partial charge is 0.480 e. The van der Waals surface area contributed by atoms with E-state index in [0.29, 0.717) is 6.42 Å². The van der Waals surface area contributed by atoms with Crippen molar-refractivity contribution in [2.24, 2.45) is 0 Å². The molecule has 1 aromatic rings. The summed E-state index contributed by atoms with van der Waals surface area (Å²) in [6.45, 7) is 0. The minimum atomic E-state index is -0.880. The number of aromatic amines is 1. The summed E-state index contributed by atoms with van der Waals surface area (Å²) in [7, 11) is 0. The Kier molecular flexibility index (Phi) is 2.00. The van der Waals surface area contributed by atoms with E-state index in [4.69, 9.17) is 0 Å². The van der Waals surface area contributed by atoms with Gasteiger partial charge >= 0.3 is 5.97 Å². The van der Waals surface area contributed by atoms with Crippen molar-refractivity contribution in [1.29, 1.82) is 0 Å². The van der Waals surface area contributed by atoms with Crippen LogP contribution in [-0.4, -0.2) is 16.1 Å². The Labute approximate surface area is 81.8 Å². The monoisotopic (exact) mass is 189 g/mol. The van der Waals surface area contributed by atoms with E-state index in [2.05, 4.69) is 4.98 Å². The number of aromatic nitrogens is 1. The number of hydrogen-bond donors (Lipinski definition) is 2. The molecule has 3 nitrogen and oxygen atoms in total. The number of rotatable bonds is 2. The summed E-state index contributed by atoms with van der Waals surface area (Å²) >= 11 is 0. The van der Waals surface area contributed by atoms with Crippen LogP contribution in [0.2, 0.25) is 0 Å². The highest BCUT2D eigenvalue weighted by atomic mass is 16.4. The zero-order chi connectivity index (χ0) is 10.0. The number of allylic oxidation sites excluding steroid dienone is 3. The molecule has 2 N–H and O–H groups in total. The Morgan fingerprint density at radius 3 is 2.86 bits per heavy atom. The van der Waals surface area contributed by atoms with Gasteiger partial charge in [0, 0.05) is 12.4 Å². The first-order valence-corrected chi connectivity index (χ1v) is 4.47. The molecule has 1 aliphatic rings. The Morgan fingerprint density at radius 1 is 1.50 bits per heavy atom. The Balaban J connectivity index is 2.47. The van der Waals surface area contributed by atoms with Crippen molar-refractivity contribution in [3.63, 3.8) is 0 Å². The molecular weight excluding hydrogens is 178 g/mol. The molecule has 0 aliphatic heterocycles. The SMILES string of the molecule is O=C(O)C1(c2cc[nH]c2)C=CC=CC1. The predicted octanol–water partition coefficient (Wildman–Crippen LogP) is 1.85. The molecule has 1 atom stereocenters. The molecule has 1 unspecified atom stereocenters. The van der Waals surface area contributed by atoms with E-state index in [1.807, 2.05) is 12.2 Å². The van der Waals surface area contributed by atoms with Gasteiger partial charge in [0.1, 0.15) is 5.41 Å². The highest BCUT2D eigenvalue weighted by Gasteiger charge is 2.37. The van der Waals surface area contributed by atoms with Crippen LogP contribution in [0.25, 0.3) is 0 Å². The summed E-state index contributed by atoms with van der Waals surface area (Å²) in [5, 5.41) is 9.26. The van der Waals surface area contributed by atoms with Crippen LogP contribution in [0.3, 0.4) is 0 Å². The summed E-state index contributed by atoms with van der Waals surface area (Å²) in [5.41, 5.74) is -0.0834. The first-order valence-electron chi connectivity index (χ1n) is 4.47. The van der Waals surface area contributed by atoms with Crippen LogP contribution in [0.15, 0.2) is 42.8 Å². The summed E-state index contributed by atoms with van der Waals surface area (Å²) in [6, 6.07) is 1.80. The molecule has 3 heteroatoms. The van der Waals surface area contributed by atoms with Crippen molar-refractivity contribution in [3.05, 3.63) is 48.3 Å². The lowest BCUT2D eigenvalue weighted by Crippen LogP contribution is -2.33. The summed E-state index contributed by atoms with van der Waals surface area (Å²) in [5.74, 6) is -0.808. The fraction of sp³-hybridized carbons (Fsp3) is 0.182. The van der Waals surface area contributed by atoms with E-state index in [0.717, 1.165) is 5.56 Å². The van der Waals surface area contributed by atoms with E-state index in [1.165, 1.54) is 0 Å². The number of aliphatic carboxylic acids is 1. The number of H-pyrrole nitrogens is 1. The fourth-order valence-corrected chi connectivity index (χ4v) is 1.72. The van der Waals surface area contributed by atoms with Crippen LogP contribution >= 0.6 is 0 Å². The van der Waals surface area contributed by atoms with Gasteiger partial charge in [-0.15, -0.1) is 0 Å². The standard InChI is InChI=1S/C11H11NO2/c13-10(14)11(5-2-1-3-6-11)9-4-7-12-8-9/h1-5,7-8,12H,6H2,(H,13,14). The molecule has 0 amide bonds. The highest BCUT2D eigenvalue weighted by Crippen LogP contribution is 2.32. The Hall–Kier alpha value is -1.77. The second kappa shape index (κ2) is 3.18. The van der Waals surface area contributed by atoms with Crippen molar-refractivity contribution in [3.8, 4) is 0 Å². The number of nitrogens with one attached hydrogen (secondary N) is 1. The summed E-state index contributed by atoms with van der Waals surface area (Å²) in [4.78, 5) is 14.2. The molecule has 0 saturated heterocycles. The molecule has 2 rings (SSSR count). The van der Waals surface area contributed by atoms with E-state index >= 15 is 0 Å². The van der Waals surface area contributed by atoms with Gasteiger partial charge in [-0.2, -0.15) is 0 Å². The van der Waals surface area contributed by atoms with Gasteiger partial charge < -0.3 is 10.1 Å². The number of carbonyl (C=O) groups is 1. The quantitative estimate of drug-likeness (QED) is 0.746. The molecule has 0 spiro atoms. The molecule has 1 aliphatic carbocycles. The first kappa shape index (κ1) is 8.81. The van der Waals surface area contributed by atoms with Gasteiger partial charge in [0.15, 0.2) is 0 Å². The van der Waals surface area contributed by atoms with E-state index in [-0.39, 0.29) is 0 Å². The number of carboxylic acids is 1. The zero-order valence-corrected chi connectivity index (χ0v) is 7.60. The van der Waals surface area contributed by atoms with Crippen molar-refractivity contribution < 1.29 is 9.90 Å². The third kappa shape index (κ3) is 1.18. The van der Waals surface area contributed by atoms with E-state index in [9.17, 15) is 9.90 Å². The number of hydrogen-bond acceptors (Lipinski definition) is 1. The van der Waals surface area contributed by atoms with Crippen LogP contribution in [0.4, 0.5) is 0 Å². The maximum atomic E-state index is 11.3. The van der Waals surface area contributed by atoms with Crippen molar-refractivity contribution in [1.82, 2.24) is 4.98 Å². The first-order chi connectivity index (χ1) is 6.76. The second-order valence-electron chi connectivity index (χ2n) is 3.37. The maximum Gasteiger partial charge on any atom is 0.318 e. The molecule has 0 saturated carbocycles. The smallest absolute Gasteiger partial charge is 0.318 e. The molecular formula is C11H11NO2. The summed E-state index contributed by atoms with van der Waals surface area (Å²) in [6.07, 6.45) is 11.2. The lowest BCUT2D eigenvalue weighted by Gasteiger charge is -2.25. The molecule has 0 fully saturated rings. The minimum Gasteiger partial charge on any atom is -0.480 e. The van der Waals surface area contributed by atoms with E-state index < -0.39 is 11.4 Å². The molecule has 0 aromatic carbocycles. The van der Waals surface area contributed by atoms with Gasteiger partial charge in [-0.05, 0) is 18.1 Å². The van der Waals surface area contributed by atoms with Crippen LogP contribution < -0.4 is 0 Å². The highest BCUT2D eigenvalue weighted by molar-refractivity contribution is 5.84. The molecule has 1 aromatic heterocycles. The predicted molar refractivity (Wildman–Crippen MR) is 53.0 cm³/mol. The van der Waals surface area contributed by atoms with Gasteiger partial charge in [-0.3, -0.25) is 4.79 Å². The van der Waals surface area contributed by atoms with Gasteiger partial charge in [0.05, 0.1) is 0 Å². The number of carboxylic acid groups (broad SMARTS) is 1. The lowest BCUT2D eigenvalue weighted by molar-refractivity contribution is -0.141. The van der Waals surface area contributed by atoms with Gasteiger partial charge in [0.25, 0.3) is 0 Å². The Morgan fingerprint density at radius 2 is 2.36 bits per heavy atom. The zero-order valence-electron chi connectivity index (χ0n) is 7.60. The van der Waals surface area contributed by atoms with Crippen LogP contribution in [0.5, 0.6) is 0 Å². The third-order valence-corrected chi connectivity index (χ3v) is 2.56. The van der Waals surface area contributed by atoms with Gasteiger partial charge in [-0.25, -0.2) is 0 Å². The van der Waals surface area contributed by atoms with E-state index in [1.54, 1.807) is 30.6 Å². The summed E-state index contributed by atoms with van der Waals surface area (Å²) < 4.78 is 0. The average molecular weight is 189 g/mol. The van der Waals surface area contributed by atoms with Crippen LogP contribution in [0, 0.1) is 0 Å².